The molecule has 1 aromatic heterocycles. The summed E-state index contributed by atoms with van der Waals surface area (Å²) in [5, 5.41) is 6.94. The Morgan fingerprint density at radius 2 is 2.25 bits per heavy atom. The number of piperidine rings is 1. The van der Waals surface area contributed by atoms with E-state index in [0.717, 1.165) is 30.7 Å². The van der Waals surface area contributed by atoms with Crippen LogP contribution in [0.1, 0.15) is 58.6 Å². The quantitative estimate of drug-likeness (QED) is 0.879. The van der Waals surface area contributed by atoms with E-state index < -0.39 is 0 Å². The molecule has 2 fully saturated rings. The Morgan fingerprint density at radius 1 is 1.35 bits per heavy atom. The molecular weight excluding hydrogens is 268 g/mol. The third kappa shape index (κ3) is 2.19. The zero-order valence-electron chi connectivity index (χ0n) is 11.8. The summed E-state index contributed by atoms with van der Waals surface area (Å²) in [6.07, 6.45) is 9.69. The fraction of sp³-hybridized carbons (Fsp3) is 0.688. The van der Waals surface area contributed by atoms with E-state index >= 15 is 0 Å². The number of carbonyl (C=O) groups excluding carboxylic acids is 1. The van der Waals surface area contributed by atoms with Gasteiger partial charge in [0.25, 0.3) is 5.91 Å². The number of hydrogen-bond acceptors (Lipinski definition) is 3. The van der Waals surface area contributed by atoms with Gasteiger partial charge in [0.1, 0.15) is 0 Å². The molecule has 108 valence electrons. The van der Waals surface area contributed by atoms with E-state index in [0.29, 0.717) is 11.6 Å². The van der Waals surface area contributed by atoms with Crippen molar-refractivity contribution in [2.24, 2.45) is 0 Å². The number of fused-ring (bicyclic) bond motifs is 1. The summed E-state index contributed by atoms with van der Waals surface area (Å²) < 4.78 is 0. The molecule has 0 radical (unpaired) electrons. The van der Waals surface area contributed by atoms with Crippen molar-refractivity contribution in [1.29, 1.82) is 0 Å². The van der Waals surface area contributed by atoms with Crippen molar-refractivity contribution < 1.29 is 4.79 Å². The normalized spacial score (nSPS) is 27.1. The summed E-state index contributed by atoms with van der Waals surface area (Å²) in [5.41, 5.74) is 1.77. The summed E-state index contributed by atoms with van der Waals surface area (Å²) in [4.78, 5) is 14.8. The van der Waals surface area contributed by atoms with Crippen molar-refractivity contribution in [2.45, 2.75) is 62.9 Å². The maximum absolute atomic E-state index is 12.4. The standard InChI is InChI=1S/C16H22N2OS/c19-15(14-9-11-3-1-4-13(11)20-14)18-12-5-8-17-16(10-12)6-2-7-16/h9,12,17H,1-8,10H2,(H,18,19). The van der Waals surface area contributed by atoms with Gasteiger partial charge < -0.3 is 10.6 Å². The summed E-state index contributed by atoms with van der Waals surface area (Å²) in [7, 11) is 0. The Bertz CT molecular complexity index is 511. The molecule has 1 spiro atoms. The first kappa shape index (κ1) is 12.8. The summed E-state index contributed by atoms with van der Waals surface area (Å²) >= 11 is 1.71. The molecule has 4 rings (SSSR count). The Morgan fingerprint density at radius 3 is 3.00 bits per heavy atom. The second-order valence-electron chi connectivity index (χ2n) is 6.64. The Balaban J connectivity index is 1.41. The van der Waals surface area contributed by atoms with Gasteiger partial charge in [-0.1, -0.05) is 0 Å². The van der Waals surface area contributed by atoms with Gasteiger partial charge in [-0.2, -0.15) is 0 Å². The van der Waals surface area contributed by atoms with Gasteiger partial charge in [-0.05, 0) is 69.5 Å². The van der Waals surface area contributed by atoms with E-state index in [1.165, 1.54) is 42.5 Å². The number of nitrogens with one attached hydrogen (secondary N) is 2. The van der Waals surface area contributed by atoms with E-state index in [4.69, 9.17) is 0 Å². The van der Waals surface area contributed by atoms with Crippen molar-refractivity contribution in [1.82, 2.24) is 10.6 Å². The molecule has 2 N–H and O–H groups in total. The van der Waals surface area contributed by atoms with Gasteiger partial charge in [-0.3, -0.25) is 4.79 Å². The SMILES string of the molecule is O=C(NC1CCNC2(CCC2)C1)c1cc2c(s1)CCC2. The first-order valence-corrected chi connectivity index (χ1v) is 8.73. The van der Waals surface area contributed by atoms with Gasteiger partial charge in [0.05, 0.1) is 4.88 Å². The number of rotatable bonds is 2. The van der Waals surface area contributed by atoms with Gasteiger partial charge in [0.15, 0.2) is 0 Å². The van der Waals surface area contributed by atoms with Crippen molar-refractivity contribution >= 4 is 17.2 Å². The summed E-state index contributed by atoms with van der Waals surface area (Å²) in [6, 6.07) is 2.49. The van der Waals surface area contributed by atoms with Crippen LogP contribution >= 0.6 is 11.3 Å². The largest absolute Gasteiger partial charge is 0.348 e. The smallest absolute Gasteiger partial charge is 0.261 e. The van der Waals surface area contributed by atoms with Crippen LogP contribution in [-0.4, -0.2) is 24.0 Å². The highest BCUT2D eigenvalue weighted by Gasteiger charge is 2.41. The second kappa shape index (κ2) is 4.85. The lowest BCUT2D eigenvalue weighted by molar-refractivity contribution is 0.0856. The molecule has 1 atom stereocenters. The Labute approximate surface area is 124 Å². The first-order chi connectivity index (χ1) is 9.74. The maximum Gasteiger partial charge on any atom is 0.261 e. The number of aryl methyl sites for hydroxylation is 2. The van der Waals surface area contributed by atoms with Crippen LogP contribution in [0.4, 0.5) is 0 Å². The number of amides is 1. The molecule has 1 amide bonds. The minimum atomic E-state index is 0.158. The predicted molar refractivity (Wildman–Crippen MR) is 81.4 cm³/mol. The number of carbonyl (C=O) groups is 1. The molecule has 4 heteroatoms. The van der Waals surface area contributed by atoms with Crippen LogP contribution in [0.15, 0.2) is 6.07 Å². The van der Waals surface area contributed by atoms with Crippen LogP contribution in [0.25, 0.3) is 0 Å². The van der Waals surface area contributed by atoms with Crippen molar-refractivity contribution in [3.63, 3.8) is 0 Å². The average molecular weight is 290 g/mol. The van der Waals surface area contributed by atoms with Gasteiger partial charge in [-0.25, -0.2) is 0 Å². The van der Waals surface area contributed by atoms with E-state index in [1.54, 1.807) is 11.3 Å². The molecule has 0 bridgehead atoms. The molecule has 1 unspecified atom stereocenters. The Hall–Kier alpha value is -0.870. The van der Waals surface area contributed by atoms with Crippen LogP contribution in [0, 0.1) is 0 Å². The summed E-state index contributed by atoms with van der Waals surface area (Å²) in [5.74, 6) is 0.158. The van der Waals surface area contributed by atoms with Crippen LogP contribution in [-0.2, 0) is 12.8 Å². The lowest BCUT2D eigenvalue weighted by Gasteiger charge is -2.48. The molecule has 0 aromatic carbocycles. The fourth-order valence-electron chi connectivity index (χ4n) is 3.96. The van der Waals surface area contributed by atoms with E-state index in [-0.39, 0.29) is 5.91 Å². The van der Waals surface area contributed by atoms with Crippen LogP contribution in [0.5, 0.6) is 0 Å². The first-order valence-electron chi connectivity index (χ1n) is 7.92. The molecule has 3 nitrogen and oxygen atoms in total. The number of thiophene rings is 1. The molecule has 20 heavy (non-hydrogen) atoms. The lowest BCUT2D eigenvalue weighted by atomic mass is 9.70. The van der Waals surface area contributed by atoms with Crippen LogP contribution < -0.4 is 10.6 Å². The van der Waals surface area contributed by atoms with Gasteiger partial charge >= 0.3 is 0 Å². The maximum atomic E-state index is 12.4. The van der Waals surface area contributed by atoms with Gasteiger partial charge in [0, 0.05) is 16.5 Å². The zero-order chi connectivity index (χ0) is 13.6. The van der Waals surface area contributed by atoms with Crippen molar-refractivity contribution in [3.8, 4) is 0 Å². The van der Waals surface area contributed by atoms with Crippen molar-refractivity contribution in [2.75, 3.05) is 6.54 Å². The molecule has 1 aromatic rings. The molecule has 1 aliphatic heterocycles. The monoisotopic (exact) mass is 290 g/mol. The molecular formula is C16H22N2OS. The third-order valence-electron chi connectivity index (χ3n) is 5.25. The lowest BCUT2D eigenvalue weighted by Crippen LogP contribution is -2.59. The van der Waals surface area contributed by atoms with Crippen molar-refractivity contribution in [3.05, 3.63) is 21.4 Å². The van der Waals surface area contributed by atoms with Crippen LogP contribution in [0.3, 0.4) is 0 Å². The molecule has 1 saturated heterocycles. The van der Waals surface area contributed by atoms with E-state index in [9.17, 15) is 4.79 Å². The minimum absolute atomic E-state index is 0.158. The van der Waals surface area contributed by atoms with E-state index in [1.807, 2.05) is 0 Å². The van der Waals surface area contributed by atoms with Crippen LogP contribution in [0.2, 0.25) is 0 Å². The second-order valence-corrected chi connectivity index (χ2v) is 7.77. The number of hydrogen-bond donors (Lipinski definition) is 2. The molecule has 3 aliphatic rings. The highest BCUT2D eigenvalue weighted by Crippen LogP contribution is 2.38. The highest BCUT2D eigenvalue weighted by molar-refractivity contribution is 7.14. The third-order valence-corrected chi connectivity index (χ3v) is 6.48. The summed E-state index contributed by atoms with van der Waals surface area (Å²) in [6.45, 7) is 1.05. The molecule has 1 saturated carbocycles. The fourth-order valence-corrected chi connectivity index (χ4v) is 5.12. The highest BCUT2D eigenvalue weighted by atomic mass is 32.1. The molecule has 2 aliphatic carbocycles. The Kier molecular flexibility index (Phi) is 3.11. The minimum Gasteiger partial charge on any atom is -0.348 e. The topological polar surface area (TPSA) is 41.1 Å². The predicted octanol–water partition coefficient (Wildman–Crippen LogP) is 2.64. The molecule has 2 heterocycles. The van der Waals surface area contributed by atoms with Gasteiger partial charge in [0.2, 0.25) is 0 Å². The average Bonchev–Trinajstić information content (AvgIpc) is 2.97. The van der Waals surface area contributed by atoms with E-state index in [2.05, 4.69) is 16.7 Å². The zero-order valence-corrected chi connectivity index (χ0v) is 12.7. The van der Waals surface area contributed by atoms with Gasteiger partial charge in [-0.15, -0.1) is 11.3 Å².